The summed E-state index contributed by atoms with van der Waals surface area (Å²) in [7, 11) is 1.30. The average molecular weight is 246 g/mol. The maximum absolute atomic E-state index is 10.8. The van der Waals surface area contributed by atoms with Gasteiger partial charge in [0.15, 0.2) is 0 Å². The van der Waals surface area contributed by atoms with E-state index in [1.807, 2.05) is 0 Å². The molecule has 0 spiro atoms. The highest BCUT2D eigenvalue weighted by Crippen LogP contribution is 2.16. The normalized spacial score (nSPS) is 11.8. The Labute approximate surface area is 99.6 Å². The lowest BCUT2D eigenvalue weighted by Gasteiger charge is -2.10. The Kier molecular flexibility index (Phi) is 7.75. The fourth-order valence-electron chi connectivity index (χ4n) is 1.45. The van der Waals surface area contributed by atoms with Crippen molar-refractivity contribution in [2.75, 3.05) is 7.11 Å². The van der Waals surface area contributed by atoms with Gasteiger partial charge in [0.05, 0.1) is 13.0 Å². The lowest BCUT2D eigenvalue weighted by molar-refractivity contribution is -0.143. The minimum Gasteiger partial charge on any atom is -0.481 e. The van der Waals surface area contributed by atoms with Gasteiger partial charge in [-0.25, -0.2) is 0 Å². The Balaban J connectivity index is 3.81. The largest absolute Gasteiger partial charge is 0.481 e. The van der Waals surface area contributed by atoms with Crippen LogP contribution in [0.25, 0.3) is 0 Å². The van der Waals surface area contributed by atoms with Crippen molar-refractivity contribution in [1.29, 1.82) is 0 Å². The first-order chi connectivity index (χ1) is 7.97. The quantitative estimate of drug-likeness (QED) is 0.469. The van der Waals surface area contributed by atoms with Crippen LogP contribution in [-0.4, -0.2) is 35.2 Å². The van der Waals surface area contributed by atoms with E-state index >= 15 is 0 Å². The van der Waals surface area contributed by atoms with Gasteiger partial charge in [-0.15, -0.1) is 0 Å². The molecule has 0 aliphatic rings. The van der Waals surface area contributed by atoms with Crippen LogP contribution < -0.4 is 0 Å². The summed E-state index contributed by atoms with van der Waals surface area (Å²) >= 11 is 0. The van der Waals surface area contributed by atoms with Crippen LogP contribution in [0.2, 0.25) is 0 Å². The van der Waals surface area contributed by atoms with Crippen molar-refractivity contribution in [3.63, 3.8) is 0 Å². The molecule has 0 aromatic heterocycles. The molecule has 0 radical (unpaired) electrons. The first kappa shape index (κ1) is 15.4. The predicted molar refractivity (Wildman–Crippen MR) is 58.5 cm³/mol. The maximum atomic E-state index is 10.8. The Morgan fingerprint density at radius 2 is 1.71 bits per heavy atom. The van der Waals surface area contributed by atoms with Gasteiger partial charge in [-0.1, -0.05) is 6.42 Å². The maximum Gasteiger partial charge on any atom is 0.306 e. The summed E-state index contributed by atoms with van der Waals surface area (Å²) in [5.74, 6) is -2.94. The van der Waals surface area contributed by atoms with Crippen LogP contribution in [0.15, 0.2) is 0 Å². The number of methoxy groups -OCH3 is 1. The summed E-state index contributed by atoms with van der Waals surface area (Å²) in [4.78, 5) is 31.9. The molecule has 98 valence electrons. The van der Waals surface area contributed by atoms with E-state index in [2.05, 4.69) is 4.74 Å². The highest BCUT2D eigenvalue weighted by Gasteiger charge is 2.18. The molecule has 1 unspecified atom stereocenters. The van der Waals surface area contributed by atoms with Gasteiger partial charge in [0.25, 0.3) is 0 Å². The van der Waals surface area contributed by atoms with Crippen molar-refractivity contribution in [2.45, 2.75) is 38.5 Å². The van der Waals surface area contributed by atoms with Crippen molar-refractivity contribution >= 4 is 17.9 Å². The number of aliphatic carboxylic acids is 2. The van der Waals surface area contributed by atoms with Crippen LogP contribution in [0.4, 0.5) is 0 Å². The van der Waals surface area contributed by atoms with Crippen molar-refractivity contribution in [2.24, 2.45) is 5.92 Å². The smallest absolute Gasteiger partial charge is 0.306 e. The third-order valence-corrected chi connectivity index (χ3v) is 2.47. The van der Waals surface area contributed by atoms with Crippen molar-refractivity contribution in [3.05, 3.63) is 0 Å². The number of carbonyl (C=O) groups excluding carboxylic acids is 1. The van der Waals surface area contributed by atoms with Gasteiger partial charge in [0.2, 0.25) is 0 Å². The number of carbonyl (C=O) groups is 3. The minimum atomic E-state index is -0.995. The molecule has 0 saturated heterocycles. The molecule has 0 rings (SSSR count). The van der Waals surface area contributed by atoms with Crippen molar-refractivity contribution in [1.82, 2.24) is 0 Å². The minimum absolute atomic E-state index is 0.128. The molecule has 0 aromatic carbocycles. The Morgan fingerprint density at radius 3 is 2.18 bits per heavy atom. The average Bonchev–Trinajstić information content (AvgIpc) is 2.26. The standard InChI is InChI=1S/C11H18O6/c1-17-10(14)5-3-2-4-8(11(15)16)6-7-9(12)13/h8H,2-7H2,1H3,(H,12,13)(H,15,16). The Bertz CT molecular complexity index is 273. The second-order valence-electron chi connectivity index (χ2n) is 3.79. The number of hydrogen-bond donors (Lipinski definition) is 2. The van der Waals surface area contributed by atoms with E-state index in [4.69, 9.17) is 10.2 Å². The van der Waals surface area contributed by atoms with E-state index < -0.39 is 17.9 Å². The molecule has 17 heavy (non-hydrogen) atoms. The Morgan fingerprint density at radius 1 is 1.06 bits per heavy atom. The van der Waals surface area contributed by atoms with Crippen molar-refractivity contribution in [3.8, 4) is 0 Å². The van der Waals surface area contributed by atoms with E-state index in [0.717, 1.165) is 0 Å². The van der Waals surface area contributed by atoms with E-state index in [0.29, 0.717) is 19.3 Å². The molecule has 0 saturated carbocycles. The lowest BCUT2D eigenvalue weighted by atomic mass is 9.96. The molecular formula is C11H18O6. The zero-order valence-corrected chi connectivity index (χ0v) is 9.85. The number of ether oxygens (including phenoxy) is 1. The third kappa shape index (κ3) is 8.24. The molecule has 0 amide bonds. The number of esters is 1. The molecule has 0 aliphatic heterocycles. The highest BCUT2D eigenvalue weighted by molar-refractivity contribution is 5.72. The van der Waals surface area contributed by atoms with Gasteiger partial charge < -0.3 is 14.9 Å². The lowest BCUT2D eigenvalue weighted by Crippen LogP contribution is -2.15. The molecule has 0 heterocycles. The predicted octanol–water partition coefficient (Wildman–Crippen LogP) is 1.29. The highest BCUT2D eigenvalue weighted by atomic mass is 16.5. The molecule has 0 aliphatic carbocycles. The van der Waals surface area contributed by atoms with Crippen LogP contribution in [-0.2, 0) is 19.1 Å². The molecule has 0 aromatic rings. The topological polar surface area (TPSA) is 101 Å². The first-order valence-electron chi connectivity index (χ1n) is 5.48. The fraction of sp³-hybridized carbons (Fsp3) is 0.727. The molecular weight excluding hydrogens is 228 g/mol. The summed E-state index contributed by atoms with van der Waals surface area (Å²) in [5.41, 5.74) is 0. The number of hydrogen-bond acceptors (Lipinski definition) is 4. The second kappa shape index (κ2) is 8.55. The number of rotatable bonds is 9. The SMILES string of the molecule is COC(=O)CCCCC(CCC(=O)O)C(=O)O. The van der Waals surface area contributed by atoms with Crippen LogP contribution >= 0.6 is 0 Å². The number of unbranched alkanes of at least 4 members (excludes halogenated alkanes) is 1. The van der Waals surface area contributed by atoms with Crippen molar-refractivity contribution < 1.29 is 29.3 Å². The Hall–Kier alpha value is -1.59. The van der Waals surface area contributed by atoms with Gasteiger partial charge in [0.1, 0.15) is 0 Å². The second-order valence-corrected chi connectivity index (χ2v) is 3.79. The van der Waals surface area contributed by atoms with E-state index in [1.54, 1.807) is 0 Å². The van der Waals surface area contributed by atoms with Crippen LogP contribution in [0.3, 0.4) is 0 Å². The van der Waals surface area contributed by atoms with Gasteiger partial charge >= 0.3 is 17.9 Å². The molecule has 0 fully saturated rings. The third-order valence-electron chi connectivity index (χ3n) is 2.47. The molecule has 2 N–H and O–H groups in total. The summed E-state index contributed by atoms with van der Waals surface area (Å²) in [6.07, 6.45) is 1.77. The van der Waals surface area contributed by atoms with Crippen LogP contribution in [0, 0.1) is 5.92 Å². The first-order valence-corrected chi connectivity index (χ1v) is 5.48. The number of carboxylic acid groups (broad SMARTS) is 2. The van der Waals surface area contributed by atoms with Gasteiger partial charge in [0, 0.05) is 12.8 Å². The van der Waals surface area contributed by atoms with Gasteiger partial charge in [-0.3, -0.25) is 14.4 Å². The number of carboxylic acids is 2. The van der Waals surface area contributed by atoms with Gasteiger partial charge in [-0.2, -0.15) is 0 Å². The zero-order chi connectivity index (χ0) is 13.3. The summed E-state index contributed by atoms with van der Waals surface area (Å²) in [6.45, 7) is 0. The van der Waals surface area contributed by atoms with E-state index in [-0.39, 0.29) is 25.2 Å². The zero-order valence-electron chi connectivity index (χ0n) is 9.85. The summed E-state index contributed by atoms with van der Waals surface area (Å²) in [5, 5.41) is 17.3. The van der Waals surface area contributed by atoms with Gasteiger partial charge in [-0.05, 0) is 19.3 Å². The monoisotopic (exact) mass is 246 g/mol. The van der Waals surface area contributed by atoms with Crippen LogP contribution in [0.1, 0.15) is 38.5 Å². The fourth-order valence-corrected chi connectivity index (χ4v) is 1.45. The van der Waals surface area contributed by atoms with Crippen LogP contribution in [0.5, 0.6) is 0 Å². The summed E-state index contributed by atoms with van der Waals surface area (Å²) < 4.78 is 4.45. The molecule has 6 heteroatoms. The molecule has 1 atom stereocenters. The molecule has 0 bridgehead atoms. The summed E-state index contributed by atoms with van der Waals surface area (Å²) in [6, 6.07) is 0. The van der Waals surface area contributed by atoms with E-state index in [9.17, 15) is 14.4 Å². The van der Waals surface area contributed by atoms with E-state index in [1.165, 1.54) is 7.11 Å². The molecule has 6 nitrogen and oxygen atoms in total.